The minimum atomic E-state index is -0.485. The van der Waals surface area contributed by atoms with Crippen molar-refractivity contribution in [1.82, 2.24) is 9.38 Å². The van der Waals surface area contributed by atoms with Gasteiger partial charge in [-0.1, -0.05) is 0 Å². The fraction of sp³-hybridized carbons (Fsp3) is 0.250. The minimum Gasteiger partial charge on any atom is -0.465 e. The normalized spacial score (nSPS) is 10.3. The maximum atomic E-state index is 11.5. The zero-order valence-corrected chi connectivity index (χ0v) is 10.0. The minimum absolute atomic E-state index is 0.207. The molecule has 0 spiro atoms. The summed E-state index contributed by atoms with van der Waals surface area (Å²) in [4.78, 5) is 26.9. The van der Waals surface area contributed by atoms with Crippen LogP contribution in [0.2, 0.25) is 0 Å². The molecule has 0 aliphatic rings. The fourth-order valence-corrected chi connectivity index (χ4v) is 1.53. The number of carbonyl (C=O) groups excluding carboxylic acids is 2. The fourth-order valence-electron chi connectivity index (χ4n) is 1.53. The average Bonchev–Trinajstić information content (AvgIpc) is 2.80. The van der Waals surface area contributed by atoms with Crippen LogP contribution in [0.25, 0.3) is 5.65 Å². The number of carbonyl (C=O) groups is 2. The number of aromatic nitrogens is 2. The van der Waals surface area contributed by atoms with E-state index in [0.717, 1.165) is 0 Å². The lowest BCUT2D eigenvalue weighted by Gasteiger charge is -1.98. The Morgan fingerprint density at radius 2 is 2.17 bits per heavy atom. The third-order valence-corrected chi connectivity index (χ3v) is 2.37. The van der Waals surface area contributed by atoms with Gasteiger partial charge >= 0.3 is 11.9 Å². The van der Waals surface area contributed by atoms with Crippen LogP contribution in [0.15, 0.2) is 24.5 Å². The molecular weight excluding hydrogens is 236 g/mol. The number of pyridine rings is 1. The summed E-state index contributed by atoms with van der Waals surface area (Å²) in [6, 6.07) is 3.14. The van der Waals surface area contributed by atoms with E-state index < -0.39 is 11.9 Å². The SMILES string of the molecule is CCOC(=O)c1cn2ccc(C(=O)OC)cc2n1. The molecule has 0 N–H and O–H groups in total. The van der Waals surface area contributed by atoms with Crippen molar-refractivity contribution >= 4 is 17.6 Å². The topological polar surface area (TPSA) is 69.9 Å². The van der Waals surface area contributed by atoms with Gasteiger partial charge in [0, 0.05) is 12.4 Å². The molecule has 0 radical (unpaired) electrons. The first-order valence-corrected chi connectivity index (χ1v) is 5.40. The Morgan fingerprint density at radius 1 is 1.39 bits per heavy atom. The number of hydrogen-bond donors (Lipinski definition) is 0. The number of methoxy groups -OCH3 is 1. The highest BCUT2D eigenvalue weighted by Crippen LogP contribution is 2.10. The van der Waals surface area contributed by atoms with Gasteiger partial charge in [-0.15, -0.1) is 0 Å². The van der Waals surface area contributed by atoms with Crippen LogP contribution in [0.5, 0.6) is 0 Å². The first kappa shape index (κ1) is 12.1. The van der Waals surface area contributed by atoms with Gasteiger partial charge in [0.15, 0.2) is 5.69 Å². The number of hydrogen-bond acceptors (Lipinski definition) is 5. The molecule has 0 unspecified atom stereocenters. The van der Waals surface area contributed by atoms with Gasteiger partial charge in [0.25, 0.3) is 0 Å². The Labute approximate surface area is 103 Å². The molecule has 2 aromatic rings. The zero-order chi connectivity index (χ0) is 13.1. The maximum absolute atomic E-state index is 11.5. The third kappa shape index (κ3) is 2.17. The second-order valence-corrected chi connectivity index (χ2v) is 3.52. The Hall–Kier alpha value is -2.37. The molecular formula is C12H12N2O4. The van der Waals surface area contributed by atoms with Gasteiger partial charge in [-0.2, -0.15) is 0 Å². The lowest BCUT2D eigenvalue weighted by Crippen LogP contribution is -2.04. The van der Waals surface area contributed by atoms with E-state index in [2.05, 4.69) is 9.72 Å². The number of esters is 2. The van der Waals surface area contributed by atoms with Gasteiger partial charge in [0.1, 0.15) is 5.65 Å². The molecule has 0 amide bonds. The summed E-state index contributed by atoms with van der Waals surface area (Å²) in [6.07, 6.45) is 3.19. The number of imidazole rings is 1. The molecule has 6 nitrogen and oxygen atoms in total. The number of ether oxygens (including phenoxy) is 2. The van der Waals surface area contributed by atoms with Gasteiger partial charge in [-0.05, 0) is 19.1 Å². The van der Waals surface area contributed by atoms with E-state index in [-0.39, 0.29) is 5.69 Å². The number of nitrogens with zero attached hydrogens (tertiary/aromatic N) is 2. The average molecular weight is 248 g/mol. The van der Waals surface area contributed by atoms with Crippen molar-refractivity contribution in [2.75, 3.05) is 13.7 Å². The second-order valence-electron chi connectivity index (χ2n) is 3.52. The van der Waals surface area contributed by atoms with E-state index in [4.69, 9.17) is 4.74 Å². The largest absolute Gasteiger partial charge is 0.465 e. The molecule has 94 valence electrons. The molecule has 0 saturated carbocycles. The monoisotopic (exact) mass is 248 g/mol. The molecule has 2 aromatic heterocycles. The lowest BCUT2D eigenvalue weighted by molar-refractivity contribution is 0.0519. The van der Waals surface area contributed by atoms with Crippen LogP contribution in [0.3, 0.4) is 0 Å². The van der Waals surface area contributed by atoms with Crippen molar-refractivity contribution < 1.29 is 19.1 Å². The maximum Gasteiger partial charge on any atom is 0.358 e. The van der Waals surface area contributed by atoms with Gasteiger partial charge in [-0.3, -0.25) is 0 Å². The van der Waals surface area contributed by atoms with E-state index in [1.54, 1.807) is 35.9 Å². The van der Waals surface area contributed by atoms with E-state index in [1.165, 1.54) is 7.11 Å². The number of rotatable bonds is 3. The van der Waals surface area contributed by atoms with Crippen molar-refractivity contribution in [3.8, 4) is 0 Å². The van der Waals surface area contributed by atoms with Crippen LogP contribution < -0.4 is 0 Å². The Kier molecular flexibility index (Phi) is 3.27. The molecule has 0 aliphatic carbocycles. The van der Waals surface area contributed by atoms with Gasteiger partial charge < -0.3 is 13.9 Å². The van der Waals surface area contributed by atoms with Crippen molar-refractivity contribution in [1.29, 1.82) is 0 Å². The van der Waals surface area contributed by atoms with Crippen molar-refractivity contribution in [3.63, 3.8) is 0 Å². The first-order chi connectivity index (χ1) is 8.65. The predicted molar refractivity (Wildman–Crippen MR) is 62.5 cm³/mol. The molecule has 2 heterocycles. The van der Waals surface area contributed by atoms with Crippen molar-refractivity contribution in [2.24, 2.45) is 0 Å². The van der Waals surface area contributed by atoms with Crippen LogP contribution in [0, 0.1) is 0 Å². The van der Waals surface area contributed by atoms with E-state index in [9.17, 15) is 9.59 Å². The number of fused-ring (bicyclic) bond motifs is 1. The highest BCUT2D eigenvalue weighted by Gasteiger charge is 2.13. The van der Waals surface area contributed by atoms with Gasteiger partial charge in [0.2, 0.25) is 0 Å². The van der Waals surface area contributed by atoms with Gasteiger partial charge in [-0.25, -0.2) is 14.6 Å². The summed E-state index contributed by atoms with van der Waals surface area (Å²) in [5.41, 5.74) is 1.07. The lowest BCUT2D eigenvalue weighted by atomic mass is 10.3. The van der Waals surface area contributed by atoms with Gasteiger partial charge in [0.05, 0.1) is 19.3 Å². The molecule has 18 heavy (non-hydrogen) atoms. The van der Waals surface area contributed by atoms with E-state index >= 15 is 0 Å². The zero-order valence-electron chi connectivity index (χ0n) is 10.0. The summed E-state index contributed by atoms with van der Waals surface area (Å²) in [7, 11) is 1.31. The third-order valence-electron chi connectivity index (χ3n) is 2.37. The molecule has 2 rings (SSSR count). The summed E-state index contributed by atoms with van der Waals surface area (Å²) >= 11 is 0. The molecule has 6 heteroatoms. The summed E-state index contributed by atoms with van der Waals surface area (Å²) in [5.74, 6) is -0.931. The van der Waals surface area contributed by atoms with Crippen LogP contribution in [0.1, 0.15) is 27.8 Å². The Morgan fingerprint density at radius 3 is 2.83 bits per heavy atom. The highest BCUT2D eigenvalue weighted by molar-refractivity contribution is 5.91. The molecule has 0 atom stereocenters. The van der Waals surface area contributed by atoms with Crippen LogP contribution in [0.4, 0.5) is 0 Å². The van der Waals surface area contributed by atoms with E-state index in [1.807, 2.05) is 0 Å². The van der Waals surface area contributed by atoms with Crippen molar-refractivity contribution in [2.45, 2.75) is 6.92 Å². The molecule has 0 aromatic carbocycles. The first-order valence-electron chi connectivity index (χ1n) is 5.40. The molecule has 0 saturated heterocycles. The van der Waals surface area contributed by atoms with Crippen LogP contribution >= 0.6 is 0 Å². The highest BCUT2D eigenvalue weighted by atomic mass is 16.5. The Bertz CT molecular complexity index is 603. The Balaban J connectivity index is 2.39. The standard InChI is InChI=1S/C12H12N2O4/c1-3-18-12(16)9-7-14-5-4-8(11(15)17-2)6-10(14)13-9/h4-7H,3H2,1-2H3. The molecule has 0 aliphatic heterocycles. The molecule has 0 fully saturated rings. The molecule has 0 bridgehead atoms. The summed E-state index contributed by atoms with van der Waals surface area (Å²) in [5, 5.41) is 0. The second kappa shape index (κ2) is 4.87. The van der Waals surface area contributed by atoms with Crippen LogP contribution in [-0.4, -0.2) is 35.0 Å². The van der Waals surface area contributed by atoms with Crippen molar-refractivity contribution in [3.05, 3.63) is 35.8 Å². The smallest absolute Gasteiger partial charge is 0.358 e. The quantitative estimate of drug-likeness (QED) is 0.766. The summed E-state index contributed by atoms with van der Waals surface area (Å²) in [6.45, 7) is 2.02. The van der Waals surface area contributed by atoms with E-state index in [0.29, 0.717) is 17.8 Å². The van der Waals surface area contributed by atoms with Crippen LogP contribution in [-0.2, 0) is 9.47 Å². The summed E-state index contributed by atoms with van der Waals surface area (Å²) < 4.78 is 11.1. The predicted octanol–water partition coefficient (Wildman–Crippen LogP) is 1.30.